The van der Waals surface area contributed by atoms with E-state index in [9.17, 15) is 24.0 Å². The van der Waals surface area contributed by atoms with Crippen LogP contribution in [0.3, 0.4) is 0 Å². The lowest BCUT2D eigenvalue weighted by atomic mass is 9.33. The molecule has 0 bridgehead atoms. The Morgan fingerprint density at radius 2 is 1.59 bits per heavy atom. The number of Topliss-reactive ketones (excluding diaryl/α,β-unsaturated/α-hetero) is 2. The first-order chi connectivity index (χ1) is 27.6. The molecule has 9 heteroatoms. The molecular weight excluding hydrogens is 741 g/mol. The standard InChI is InChI=1S/C50H70N2O7/c1-29(2)40-35(55)26-50(52-43(57)49(18-11-19-49)25-34(54)31-13-12-30(3)51-27-31)23-22-47(9)32(41(40)50)14-15-37-46(8)20-17-38(45(6,7)36(46)16-21-48(37,47)10)59-42(56)33-24-39(58-28-53)44(33,4)5/h12-13,27-29,32-33,36-39H,11,14-26H2,1-10H3,(H,52,57)/t32-,33-,36+,37-,38+,39-,46+,47-,48-,50-/m1/s1. The van der Waals surface area contributed by atoms with Crippen LogP contribution in [-0.2, 0) is 28.7 Å². The second-order valence-electron chi connectivity index (χ2n) is 22.8. The summed E-state index contributed by atoms with van der Waals surface area (Å²) in [6.07, 6.45) is 12.1. The van der Waals surface area contributed by atoms with Crippen molar-refractivity contribution in [3.05, 3.63) is 40.7 Å². The number of fused-ring (bicyclic) bond motifs is 7. The number of hydrogen-bond donors (Lipinski definition) is 1. The summed E-state index contributed by atoms with van der Waals surface area (Å²) < 4.78 is 11.7. The predicted molar refractivity (Wildman–Crippen MR) is 225 cm³/mol. The van der Waals surface area contributed by atoms with Gasteiger partial charge >= 0.3 is 5.97 Å². The molecule has 1 N–H and O–H groups in total. The lowest BCUT2D eigenvalue weighted by Gasteiger charge is -2.72. The molecule has 6 saturated carbocycles. The van der Waals surface area contributed by atoms with Gasteiger partial charge in [0, 0.05) is 41.1 Å². The molecule has 10 atom stereocenters. The van der Waals surface area contributed by atoms with Crippen LogP contribution in [0, 0.1) is 69.0 Å². The third-order valence-electron chi connectivity index (χ3n) is 19.2. The fourth-order valence-electron chi connectivity index (χ4n) is 15.2. The third kappa shape index (κ3) is 6.09. The minimum absolute atomic E-state index is 0.0187. The molecule has 9 nitrogen and oxygen atoms in total. The molecule has 1 amide bonds. The zero-order chi connectivity index (χ0) is 42.7. The first-order valence-corrected chi connectivity index (χ1v) is 23.0. The molecule has 0 aliphatic heterocycles. The number of esters is 1. The Morgan fingerprint density at radius 3 is 2.20 bits per heavy atom. The summed E-state index contributed by atoms with van der Waals surface area (Å²) in [5, 5.41) is 3.62. The average molecular weight is 811 g/mol. The number of nitrogens with one attached hydrogen (secondary N) is 1. The second-order valence-corrected chi connectivity index (χ2v) is 22.8. The molecule has 0 unspecified atom stereocenters. The molecule has 6 fully saturated rings. The van der Waals surface area contributed by atoms with Gasteiger partial charge in [-0.25, -0.2) is 0 Å². The highest BCUT2D eigenvalue weighted by Crippen LogP contribution is 2.76. The second kappa shape index (κ2) is 14.1. The number of carbonyl (C=O) groups is 5. The Balaban J connectivity index is 1.04. The van der Waals surface area contributed by atoms with Crippen molar-refractivity contribution < 1.29 is 33.4 Å². The summed E-state index contributed by atoms with van der Waals surface area (Å²) >= 11 is 0. The molecule has 0 aromatic carbocycles. The average Bonchev–Trinajstić information content (AvgIpc) is 3.44. The lowest BCUT2D eigenvalue weighted by Crippen LogP contribution is -2.68. The van der Waals surface area contributed by atoms with Crippen molar-refractivity contribution in [2.75, 3.05) is 0 Å². The number of hydrogen-bond acceptors (Lipinski definition) is 8. The number of aromatic nitrogens is 1. The molecular formula is C50H70N2O7. The van der Waals surface area contributed by atoms with Crippen molar-refractivity contribution in [3.8, 4) is 0 Å². The van der Waals surface area contributed by atoms with Crippen molar-refractivity contribution in [2.24, 2.45) is 62.1 Å². The van der Waals surface area contributed by atoms with Crippen LogP contribution in [0.5, 0.6) is 0 Å². The first-order valence-electron chi connectivity index (χ1n) is 23.0. The van der Waals surface area contributed by atoms with Gasteiger partial charge in [-0.3, -0.25) is 29.0 Å². The molecule has 0 saturated heterocycles. The smallest absolute Gasteiger partial charge is 0.310 e. The van der Waals surface area contributed by atoms with Crippen molar-refractivity contribution in [2.45, 2.75) is 177 Å². The molecule has 1 aromatic heterocycles. The Kier molecular flexibility index (Phi) is 10.1. The van der Waals surface area contributed by atoms with E-state index >= 15 is 0 Å². The molecule has 7 aliphatic rings. The topological polar surface area (TPSA) is 129 Å². The van der Waals surface area contributed by atoms with Crippen LogP contribution in [-0.4, -0.2) is 52.6 Å². The van der Waals surface area contributed by atoms with Gasteiger partial charge in [-0.2, -0.15) is 0 Å². The maximum Gasteiger partial charge on any atom is 0.310 e. The molecule has 8 rings (SSSR count). The van der Waals surface area contributed by atoms with Gasteiger partial charge in [-0.15, -0.1) is 0 Å². The lowest BCUT2D eigenvalue weighted by molar-refractivity contribution is -0.236. The minimum Gasteiger partial charge on any atom is -0.464 e. The van der Waals surface area contributed by atoms with Crippen molar-refractivity contribution >= 4 is 29.9 Å². The van der Waals surface area contributed by atoms with Gasteiger partial charge in [0.25, 0.3) is 6.47 Å². The maximum absolute atomic E-state index is 14.7. The van der Waals surface area contributed by atoms with Gasteiger partial charge in [0.15, 0.2) is 11.6 Å². The number of amides is 1. The van der Waals surface area contributed by atoms with E-state index in [1.165, 1.54) is 5.57 Å². The SMILES string of the molecule is Cc1ccc(C(=O)CC2(C(=O)N[C@@]34CC[C@]5(C)[C@H](CC[C@@H]6[C@@]7(C)CC[C@H](OC(=O)[C@H]8C[C@@H](OC=O)C8(C)C)C(C)(C)[C@@H]7CC[C@]65C)C3=C(C(C)C)C(=O)C4)CCC2)cn1. The number of ether oxygens (including phenoxy) is 2. The van der Waals surface area contributed by atoms with Crippen LogP contribution in [0.4, 0.5) is 0 Å². The minimum atomic E-state index is -0.760. The summed E-state index contributed by atoms with van der Waals surface area (Å²) in [6, 6.07) is 3.66. The van der Waals surface area contributed by atoms with E-state index in [1.54, 1.807) is 6.20 Å². The van der Waals surface area contributed by atoms with Gasteiger partial charge in [-0.1, -0.05) is 68.7 Å². The zero-order valence-corrected chi connectivity index (χ0v) is 37.6. The molecule has 7 aliphatic carbocycles. The molecule has 0 spiro atoms. The summed E-state index contributed by atoms with van der Waals surface area (Å²) in [7, 11) is 0. The first kappa shape index (κ1) is 42.3. The Labute approximate surface area is 352 Å². The van der Waals surface area contributed by atoms with Crippen LogP contribution >= 0.6 is 0 Å². The van der Waals surface area contributed by atoms with E-state index < -0.39 is 16.4 Å². The maximum atomic E-state index is 14.7. The summed E-state index contributed by atoms with van der Waals surface area (Å²) in [5.41, 5.74) is 1.44. The molecule has 1 aromatic rings. The molecule has 0 radical (unpaired) electrons. The van der Waals surface area contributed by atoms with E-state index in [1.807, 2.05) is 32.9 Å². The number of ketones is 2. The van der Waals surface area contributed by atoms with Crippen LogP contribution in [0.2, 0.25) is 0 Å². The zero-order valence-electron chi connectivity index (χ0n) is 37.6. The van der Waals surface area contributed by atoms with Gasteiger partial charge in [0.2, 0.25) is 5.91 Å². The van der Waals surface area contributed by atoms with Gasteiger partial charge in [0.1, 0.15) is 12.2 Å². The number of aryl methyl sites for hydroxylation is 1. The highest BCUT2D eigenvalue weighted by atomic mass is 16.6. The highest BCUT2D eigenvalue weighted by molar-refractivity contribution is 6.03. The van der Waals surface area contributed by atoms with Gasteiger partial charge in [0.05, 0.1) is 16.9 Å². The highest BCUT2D eigenvalue weighted by Gasteiger charge is 2.71. The Hall–Kier alpha value is -3.36. The van der Waals surface area contributed by atoms with Crippen LogP contribution in [0.15, 0.2) is 29.5 Å². The third-order valence-corrected chi connectivity index (χ3v) is 19.2. The number of carbonyl (C=O) groups excluding carboxylic acids is 5. The summed E-state index contributed by atoms with van der Waals surface area (Å²) in [6.45, 7) is 22.9. The van der Waals surface area contributed by atoms with E-state index in [4.69, 9.17) is 9.47 Å². The number of rotatable bonds is 10. The molecule has 59 heavy (non-hydrogen) atoms. The molecule has 1 heterocycles. The summed E-state index contributed by atoms with van der Waals surface area (Å²) in [5.74, 6) is 0.731. The van der Waals surface area contributed by atoms with Crippen LogP contribution in [0.25, 0.3) is 0 Å². The Morgan fingerprint density at radius 1 is 0.864 bits per heavy atom. The number of pyridine rings is 1. The predicted octanol–water partition coefficient (Wildman–Crippen LogP) is 9.48. The van der Waals surface area contributed by atoms with E-state index in [0.29, 0.717) is 49.6 Å². The van der Waals surface area contributed by atoms with Crippen molar-refractivity contribution in [1.82, 2.24) is 10.3 Å². The van der Waals surface area contributed by atoms with Gasteiger partial charge < -0.3 is 14.8 Å². The normalized spacial score (nSPS) is 39.9. The molecule has 322 valence electrons. The van der Waals surface area contributed by atoms with E-state index in [-0.39, 0.29) is 81.5 Å². The monoisotopic (exact) mass is 811 g/mol. The fraction of sp³-hybridized carbons (Fsp3) is 0.760. The number of allylic oxidation sites excluding steroid dienone is 1. The largest absolute Gasteiger partial charge is 0.464 e. The number of nitrogens with zero attached hydrogens (tertiary/aromatic N) is 1. The quantitative estimate of drug-likeness (QED) is 0.141. The van der Waals surface area contributed by atoms with E-state index in [2.05, 4.69) is 58.8 Å². The summed E-state index contributed by atoms with van der Waals surface area (Å²) in [4.78, 5) is 71.7. The van der Waals surface area contributed by atoms with Crippen molar-refractivity contribution in [1.29, 1.82) is 0 Å². The fourth-order valence-corrected chi connectivity index (χ4v) is 15.2. The van der Waals surface area contributed by atoms with Crippen molar-refractivity contribution in [3.63, 3.8) is 0 Å². The van der Waals surface area contributed by atoms with Gasteiger partial charge in [-0.05, 0) is 141 Å². The Bertz CT molecular complexity index is 1960. The van der Waals surface area contributed by atoms with Crippen LogP contribution in [0.1, 0.15) is 168 Å². The van der Waals surface area contributed by atoms with Crippen LogP contribution < -0.4 is 5.32 Å². The van der Waals surface area contributed by atoms with E-state index in [0.717, 1.165) is 69.1 Å².